The lowest BCUT2D eigenvalue weighted by molar-refractivity contribution is 0.627. The molecule has 0 saturated carbocycles. The zero-order chi connectivity index (χ0) is 16.8. The molecule has 1 heterocycles. The molecule has 0 amide bonds. The Morgan fingerprint density at radius 1 is 0.958 bits per heavy atom. The Morgan fingerprint density at radius 2 is 1.67 bits per heavy atom. The second-order valence-electron chi connectivity index (χ2n) is 5.32. The molecular weight excluding hydrogens is 305 g/mol. The zero-order valence-corrected chi connectivity index (χ0v) is 13.3. The van der Waals surface area contributed by atoms with Crippen LogP contribution in [-0.2, 0) is 13.0 Å². The van der Waals surface area contributed by atoms with Gasteiger partial charge in [-0.1, -0.05) is 31.2 Å². The summed E-state index contributed by atoms with van der Waals surface area (Å²) in [6.45, 7) is 2.62. The molecule has 0 spiro atoms. The van der Waals surface area contributed by atoms with Crippen molar-refractivity contribution in [1.29, 1.82) is 0 Å². The van der Waals surface area contributed by atoms with Gasteiger partial charge in [-0.3, -0.25) is 0 Å². The highest BCUT2D eigenvalue weighted by molar-refractivity contribution is 5.56. The summed E-state index contributed by atoms with van der Waals surface area (Å²) in [4.78, 5) is 4.37. The summed E-state index contributed by atoms with van der Waals surface area (Å²) >= 11 is 0. The third-order valence-electron chi connectivity index (χ3n) is 3.56. The summed E-state index contributed by atoms with van der Waals surface area (Å²) in [5.74, 6) is 0.766. The molecule has 6 heteroatoms. The number of aromatic nitrogens is 3. The molecule has 0 bridgehead atoms. The van der Waals surface area contributed by atoms with Crippen LogP contribution in [0.4, 0.5) is 21.8 Å². The Kier molecular flexibility index (Phi) is 4.96. The fourth-order valence-electron chi connectivity index (χ4n) is 2.19. The largest absolute Gasteiger partial charge is 0.349 e. The van der Waals surface area contributed by atoms with Crippen LogP contribution in [0, 0.1) is 5.82 Å². The predicted molar refractivity (Wildman–Crippen MR) is 92.7 cm³/mol. The maximum atomic E-state index is 12.9. The molecule has 5 nitrogen and oxygen atoms in total. The fourth-order valence-corrected chi connectivity index (χ4v) is 2.19. The SMILES string of the molecule is CCc1ccc(Nc2cnnc(NCc3ccc(F)cc3)n2)cc1. The second kappa shape index (κ2) is 7.50. The third-order valence-corrected chi connectivity index (χ3v) is 3.56. The molecule has 2 N–H and O–H groups in total. The number of anilines is 3. The van der Waals surface area contributed by atoms with Crippen molar-refractivity contribution in [2.45, 2.75) is 19.9 Å². The van der Waals surface area contributed by atoms with Gasteiger partial charge in [0.15, 0.2) is 5.82 Å². The van der Waals surface area contributed by atoms with Crippen LogP contribution in [0.2, 0.25) is 0 Å². The quantitative estimate of drug-likeness (QED) is 0.720. The molecule has 0 saturated heterocycles. The third kappa shape index (κ3) is 4.25. The van der Waals surface area contributed by atoms with Gasteiger partial charge in [0, 0.05) is 12.2 Å². The van der Waals surface area contributed by atoms with Crippen LogP contribution in [0.5, 0.6) is 0 Å². The molecule has 1 aromatic heterocycles. The summed E-state index contributed by atoms with van der Waals surface area (Å²) in [6, 6.07) is 14.4. The molecular formula is C18H18FN5. The van der Waals surface area contributed by atoms with Crippen LogP contribution in [-0.4, -0.2) is 15.2 Å². The van der Waals surface area contributed by atoms with E-state index < -0.39 is 0 Å². The summed E-state index contributed by atoms with van der Waals surface area (Å²) in [5, 5.41) is 14.2. The van der Waals surface area contributed by atoms with Crippen LogP contribution in [0.3, 0.4) is 0 Å². The molecule has 24 heavy (non-hydrogen) atoms. The van der Waals surface area contributed by atoms with Crippen molar-refractivity contribution < 1.29 is 4.39 Å². The molecule has 0 radical (unpaired) electrons. The van der Waals surface area contributed by atoms with Crippen LogP contribution in [0.1, 0.15) is 18.1 Å². The normalized spacial score (nSPS) is 10.4. The van der Waals surface area contributed by atoms with Crippen molar-refractivity contribution in [2.24, 2.45) is 0 Å². The maximum absolute atomic E-state index is 12.9. The Morgan fingerprint density at radius 3 is 2.38 bits per heavy atom. The van der Waals surface area contributed by atoms with Crippen LogP contribution in [0.15, 0.2) is 54.7 Å². The van der Waals surface area contributed by atoms with Gasteiger partial charge < -0.3 is 10.6 Å². The highest BCUT2D eigenvalue weighted by atomic mass is 19.1. The molecule has 0 fully saturated rings. The van der Waals surface area contributed by atoms with Crippen molar-refractivity contribution in [1.82, 2.24) is 15.2 Å². The minimum Gasteiger partial charge on any atom is -0.349 e. The number of nitrogens with zero attached hydrogens (tertiary/aromatic N) is 3. The van der Waals surface area contributed by atoms with Gasteiger partial charge in [-0.15, -0.1) is 5.10 Å². The Bertz CT molecular complexity index is 787. The van der Waals surface area contributed by atoms with E-state index in [0.29, 0.717) is 18.3 Å². The molecule has 2 aromatic carbocycles. The van der Waals surface area contributed by atoms with Crippen molar-refractivity contribution in [3.63, 3.8) is 0 Å². The number of hydrogen-bond acceptors (Lipinski definition) is 5. The minimum atomic E-state index is -0.253. The predicted octanol–water partition coefficient (Wildman–Crippen LogP) is 3.93. The van der Waals surface area contributed by atoms with E-state index in [2.05, 4.69) is 44.9 Å². The Labute approximate surface area is 140 Å². The monoisotopic (exact) mass is 323 g/mol. The summed E-state index contributed by atoms with van der Waals surface area (Å²) in [5.41, 5.74) is 3.16. The lowest BCUT2D eigenvalue weighted by Gasteiger charge is -2.08. The first kappa shape index (κ1) is 15.9. The highest BCUT2D eigenvalue weighted by Gasteiger charge is 2.02. The van der Waals surface area contributed by atoms with E-state index in [9.17, 15) is 4.39 Å². The lowest BCUT2D eigenvalue weighted by Crippen LogP contribution is -2.06. The van der Waals surface area contributed by atoms with Crippen molar-refractivity contribution >= 4 is 17.5 Å². The average Bonchev–Trinajstić information content (AvgIpc) is 2.62. The van der Waals surface area contributed by atoms with Gasteiger partial charge in [0.25, 0.3) is 0 Å². The van der Waals surface area contributed by atoms with E-state index in [-0.39, 0.29) is 5.82 Å². The lowest BCUT2D eigenvalue weighted by atomic mass is 10.1. The van der Waals surface area contributed by atoms with E-state index in [4.69, 9.17) is 0 Å². The molecule has 0 aliphatic heterocycles. The van der Waals surface area contributed by atoms with Crippen molar-refractivity contribution in [3.8, 4) is 0 Å². The standard InChI is InChI=1S/C18H18FN5/c1-2-13-5-9-16(10-6-13)22-17-12-21-24-18(23-17)20-11-14-3-7-15(19)8-4-14/h3-10,12H,2,11H2,1H3,(H2,20,22,23,24). The van der Waals surface area contributed by atoms with Gasteiger partial charge in [-0.2, -0.15) is 10.1 Å². The van der Waals surface area contributed by atoms with Crippen molar-refractivity contribution in [3.05, 3.63) is 71.7 Å². The smallest absolute Gasteiger partial charge is 0.244 e. The molecule has 3 rings (SSSR count). The van der Waals surface area contributed by atoms with E-state index >= 15 is 0 Å². The number of hydrogen-bond donors (Lipinski definition) is 2. The zero-order valence-electron chi connectivity index (χ0n) is 13.3. The van der Waals surface area contributed by atoms with Gasteiger partial charge in [-0.25, -0.2) is 4.39 Å². The van der Waals surface area contributed by atoms with Gasteiger partial charge in [0.2, 0.25) is 5.95 Å². The first-order chi connectivity index (χ1) is 11.7. The molecule has 0 aliphatic rings. The van der Waals surface area contributed by atoms with Crippen LogP contribution in [0.25, 0.3) is 0 Å². The maximum Gasteiger partial charge on any atom is 0.244 e. The topological polar surface area (TPSA) is 62.7 Å². The van der Waals surface area contributed by atoms with E-state index in [0.717, 1.165) is 17.7 Å². The second-order valence-corrected chi connectivity index (χ2v) is 5.32. The van der Waals surface area contributed by atoms with E-state index in [1.54, 1.807) is 18.3 Å². The molecule has 3 aromatic rings. The van der Waals surface area contributed by atoms with Crippen molar-refractivity contribution in [2.75, 3.05) is 10.6 Å². The van der Waals surface area contributed by atoms with E-state index in [1.807, 2.05) is 12.1 Å². The number of nitrogens with one attached hydrogen (secondary N) is 2. The van der Waals surface area contributed by atoms with Gasteiger partial charge in [-0.05, 0) is 41.8 Å². The number of rotatable bonds is 6. The first-order valence-corrected chi connectivity index (χ1v) is 7.77. The summed E-state index contributed by atoms with van der Waals surface area (Å²) in [6.07, 6.45) is 2.57. The highest BCUT2D eigenvalue weighted by Crippen LogP contribution is 2.16. The average molecular weight is 323 g/mol. The summed E-state index contributed by atoms with van der Waals surface area (Å²) < 4.78 is 12.9. The molecule has 122 valence electrons. The van der Waals surface area contributed by atoms with Crippen LogP contribution < -0.4 is 10.6 Å². The number of benzene rings is 2. The molecule has 0 atom stereocenters. The first-order valence-electron chi connectivity index (χ1n) is 7.77. The fraction of sp³-hybridized carbons (Fsp3) is 0.167. The van der Waals surface area contributed by atoms with E-state index in [1.165, 1.54) is 17.7 Å². The number of aryl methyl sites for hydroxylation is 1. The number of halogens is 1. The van der Waals surface area contributed by atoms with Gasteiger partial charge >= 0.3 is 0 Å². The van der Waals surface area contributed by atoms with Gasteiger partial charge in [0.1, 0.15) is 5.82 Å². The summed E-state index contributed by atoms with van der Waals surface area (Å²) in [7, 11) is 0. The molecule has 0 aliphatic carbocycles. The minimum absolute atomic E-state index is 0.253. The Balaban J connectivity index is 1.63. The van der Waals surface area contributed by atoms with Gasteiger partial charge in [0.05, 0.1) is 6.20 Å². The Hall–Kier alpha value is -3.02. The molecule has 0 unspecified atom stereocenters. The van der Waals surface area contributed by atoms with Crippen LogP contribution >= 0.6 is 0 Å².